The Hall–Kier alpha value is -0.540. The number of aliphatic hydroxyl groups is 1. The molecule has 0 bridgehead atoms. The molecule has 0 aromatic carbocycles. The molecule has 5 N–H and O–H groups in total. The first-order valence-electron chi connectivity index (χ1n) is 3.89. The monoisotopic (exact) mass is 160 g/mol. The number of hydrogen-bond acceptors (Lipinski definition) is 3. The molecule has 3 nitrogen and oxygen atoms in total. The number of hydrogen-bond donors (Lipinski definition) is 3. The summed E-state index contributed by atoms with van der Waals surface area (Å²) in [5.41, 5.74) is 10.2. The van der Waals surface area contributed by atoms with Crippen LogP contribution in [0.15, 0.2) is 12.3 Å². The lowest BCUT2D eigenvalue weighted by atomic mass is 10.3. The van der Waals surface area contributed by atoms with Crippen LogP contribution in [0.2, 0.25) is 0 Å². The molecule has 0 saturated carbocycles. The largest absolute Gasteiger partial charge is 0.511 e. The summed E-state index contributed by atoms with van der Waals surface area (Å²) in [6.45, 7) is 7.83. The Morgan fingerprint density at radius 3 is 2.00 bits per heavy atom. The fourth-order valence-electron chi connectivity index (χ4n) is 0.204. The Kier molecular flexibility index (Phi) is 11.2. The standard InChI is InChI=1S/C4H9NO.C4H11N/c1-3(5)4(2)6;1-2-3-4-5/h3,6H,2,5H2,1H3;2-5H2,1H3. The van der Waals surface area contributed by atoms with Crippen molar-refractivity contribution in [3.63, 3.8) is 0 Å². The van der Waals surface area contributed by atoms with Gasteiger partial charge in [0, 0.05) is 0 Å². The maximum atomic E-state index is 8.31. The lowest BCUT2D eigenvalue weighted by Gasteiger charge is -1.96. The Bertz CT molecular complexity index is 90.1. The molecule has 0 amide bonds. The van der Waals surface area contributed by atoms with Crippen molar-refractivity contribution in [2.24, 2.45) is 11.5 Å². The Labute approximate surface area is 69.1 Å². The zero-order valence-corrected chi connectivity index (χ0v) is 7.51. The molecular formula is C8H20N2O. The molecule has 0 heterocycles. The molecule has 0 aliphatic rings. The highest BCUT2D eigenvalue weighted by Crippen LogP contribution is 1.84. The van der Waals surface area contributed by atoms with E-state index < -0.39 is 0 Å². The second-order valence-electron chi connectivity index (χ2n) is 2.42. The van der Waals surface area contributed by atoms with Crippen LogP contribution in [0, 0.1) is 0 Å². The van der Waals surface area contributed by atoms with Crippen molar-refractivity contribution in [3.05, 3.63) is 12.3 Å². The van der Waals surface area contributed by atoms with Gasteiger partial charge in [-0.25, -0.2) is 0 Å². The van der Waals surface area contributed by atoms with E-state index in [9.17, 15) is 0 Å². The van der Waals surface area contributed by atoms with Crippen molar-refractivity contribution in [2.45, 2.75) is 32.7 Å². The van der Waals surface area contributed by atoms with Gasteiger partial charge in [-0.2, -0.15) is 0 Å². The summed E-state index contributed by atoms with van der Waals surface area (Å²) in [7, 11) is 0. The van der Waals surface area contributed by atoms with Gasteiger partial charge < -0.3 is 16.6 Å². The predicted molar refractivity (Wildman–Crippen MR) is 49.4 cm³/mol. The molecule has 1 unspecified atom stereocenters. The highest BCUT2D eigenvalue weighted by atomic mass is 16.3. The Balaban J connectivity index is 0. The third kappa shape index (κ3) is 17.7. The first-order valence-corrected chi connectivity index (χ1v) is 3.89. The first kappa shape index (κ1) is 13.1. The number of rotatable bonds is 3. The van der Waals surface area contributed by atoms with E-state index in [-0.39, 0.29) is 11.8 Å². The number of unbranched alkanes of at least 4 members (excludes halogenated alkanes) is 1. The minimum absolute atomic E-state index is 0.0370. The summed E-state index contributed by atoms with van der Waals surface area (Å²) in [4.78, 5) is 0. The molecule has 3 heteroatoms. The SMILES string of the molecule is C=C(O)C(C)N.CCCCN. The van der Waals surface area contributed by atoms with Crippen LogP contribution in [0.1, 0.15) is 26.7 Å². The molecule has 11 heavy (non-hydrogen) atoms. The van der Waals surface area contributed by atoms with Crippen LogP contribution in [-0.4, -0.2) is 17.7 Å². The third-order valence-corrected chi connectivity index (χ3v) is 1.08. The van der Waals surface area contributed by atoms with Gasteiger partial charge in [0.05, 0.1) is 6.04 Å². The van der Waals surface area contributed by atoms with Crippen molar-refractivity contribution >= 4 is 0 Å². The smallest absolute Gasteiger partial charge is 0.101 e. The van der Waals surface area contributed by atoms with Gasteiger partial charge in [0.25, 0.3) is 0 Å². The van der Waals surface area contributed by atoms with E-state index in [4.69, 9.17) is 16.6 Å². The highest BCUT2D eigenvalue weighted by molar-refractivity contribution is 4.88. The van der Waals surface area contributed by atoms with Crippen molar-refractivity contribution in [2.75, 3.05) is 6.54 Å². The molecule has 0 spiro atoms. The van der Waals surface area contributed by atoms with Gasteiger partial charge in [0.1, 0.15) is 5.76 Å². The number of aliphatic hydroxyl groups excluding tert-OH is 1. The van der Waals surface area contributed by atoms with E-state index in [1.165, 1.54) is 12.8 Å². The molecule has 0 rings (SSSR count). The second-order valence-corrected chi connectivity index (χ2v) is 2.42. The Morgan fingerprint density at radius 1 is 1.64 bits per heavy atom. The van der Waals surface area contributed by atoms with Crippen LogP contribution < -0.4 is 11.5 Å². The average molecular weight is 160 g/mol. The minimum Gasteiger partial charge on any atom is -0.511 e. The molecule has 1 atom stereocenters. The summed E-state index contributed by atoms with van der Waals surface area (Å²) in [6, 6.07) is -0.287. The maximum Gasteiger partial charge on any atom is 0.101 e. The molecule has 0 fully saturated rings. The molecule has 0 saturated heterocycles. The third-order valence-electron chi connectivity index (χ3n) is 1.08. The second kappa shape index (κ2) is 9.46. The molecular weight excluding hydrogens is 140 g/mol. The van der Waals surface area contributed by atoms with Gasteiger partial charge in [-0.3, -0.25) is 0 Å². The zero-order chi connectivity index (χ0) is 9.28. The van der Waals surface area contributed by atoms with Gasteiger partial charge in [-0.05, 0) is 19.9 Å². The van der Waals surface area contributed by atoms with Crippen LogP contribution in [0.3, 0.4) is 0 Å². The van der Waals surface area contributed by atoms with Gasteiger partial charge in [-0.1, -0.05) is 19.9 Å². The molecule has 0 radical (unpaired) electrons. The van der Waals surface area contributed by atoms with Gasteiger partial charge in [0.2, 0.25) is 0 Å². The Morgan fingerprint density at radius 2 is 2.00 bits per heavy atom. The van der Waals surface area contributed by atoms with E-state index >= 15 is 0 Å². The van der Waals surface area contributed by atoms with Crippen LogP contribution >= 0.6 is 0 Å². The summed E-state index contributed by atoms with van der Waals surface area (Å²) in [5.74, 6) is 0.0370. The van der Waals surface area contributed by atoms with Gasteiger partial charge in [0.15, 0.2) is 0 Å². The molecule has 0 aliphatic carbocycles. The average Bonchev–Trinajstić information content (AvgIpc) is 1.90. The van der Waals surface area contributed by atoms with E-state index in [1.54, 1.807) is 6.92 Å². The fraction of sp³-hybridized carbons (Fsp3) is 0.750. The zero-order valence-electron chi connectivity index (χ0n) is 7.51. The van der Waals surface area contributed by atoms with Gasteiger partial charge >= 0.3 is 0 Å². The number of nitrogens with two attached hydrogens (primary N) is 2. The lowest BCUT2D eigenvalue weighted by Crippen LogP contribution is -2.16. The van der Waals surface area contributed by atoms with Crippen LogP contribution in [0.4, 0.5) is 0 Å². The topological polar surface area (TPSA) is 72.3 Å². The molecule has 0 aromatic heterocycles. The molecule has 0 aliphatic heterocycles. The van der Waals surface area contributed by atoms with Gasteiger partial charge in [-0.15, -0.1) is 0 Å². The van der Waals surface area contributed by atoms with E-state index in [2.05, 4.69) is 13.5 Å². The van der Waals surface area contributed by atoms with Crippen molar-refractivity contribution in [3.8, 4) is 0 Å². The summed E-state index contributed by atoms with van der Waals surface area (Å²) >= 11 is 0. The van der Waals surface area contributed by atoms with E-state index in [0.717, 1.165) is 6.54 Å². The fourth-order valence-corrected chi connectivity index (χ4v) is 0.204. The van der Waals surface area contributed by atoms with Crippen LogP contribution in [0.5, 0.6) is 0 Å². The van der Waals surface area contributed by atoms with E-state index in [1.807, 2.05) is 0 Å². The van der Waals surface area contributed by atoms with Crippen molar-refractivity contribution < 1.29 is 5.11 Å². The van der Waals surface area contributed by atoms with E-state index in [0.29, 0.717) is 0 Å². The minimum atomic E-state index is -0.287. The summed E-state index contributed by atoms with van der Waals surface area (Å²) in [5, 5.41) is 8.31. The summed E-state index contributed by atoms with van der Waals surface area (Å²) in [6.07, 6.45) is 2.39. The first-order chi connectivity index (χ1) is 5.06. The van der Waals surface area contributed by atoms with Crippen molar-refractivity contribution in [1.29, 1.82) is 0 Å². The van der Waals surface area contributed by atoms with Crippen molar-refractivity contribution in [1.82, 2.24) is 0 Å². The summed E-state index contributed by atoms with van der Waals surface area (Å²) < 4.78 is 0. The maximum absolute atomic E-state index is 8.31. The lowest BCUT2D eigenvalue weighted by molar-refractivity contribution is 0.377. The van der Waals surface area contributed by atoms with Crippen LogP contribution in [-0.2, 0) is 0 Å². The predicted octanol–water partition coefficient (Wildman–Crippen LogP) is 1.15. The molecule has 68 valence electrons. The molecule has 0 aromatic rings. The normalized spacial score (nSPS) is 11.3. The quantitative estimate of drug-likeness (QED) is 0.542. The highest BCUT2D eigenvalue weighted by Gasteiger charge is 1.91. The van der Waals surface area contributed by atoms with Crippen LogP contribution in [0.25, 0.3) is 0 Å².